The van der Waals surface area contributed by atoms with E-state index in [0.717, 1.165) is 22.3 Å². The first-order valence-corrected chi connectivity index (χ1v) is 15.7. The molecule has 1 amide bonds. The van der Waals surface area contributed by atoms with E-state index in [0.29, 0.717) is 59.1 Å². The maximum atomic E-state index is 13.0. The molecule has 0 bridgehead atoms. The molecule has 5 rings (SSSR count). The Morgan fingerprint density at radius 1 is 1.00 bits per heavy atom. The molecule has 1 aliphatic heterocycles. The maximum absolute atomic E-state index is 13.0. The number of nitrogens with zero attached hydrogens (tertiary/aromatic N) is 7. The highest BCUT2D eigenvalue weighted by atomic mass is 17.1. The van der Waals surface area contributed by atoms with Gasteiger partial charge in [0.15, 0.2) is 0 Å². The Hall–Kier alpha value is -5.74. The zero-order valence-corrected chi connectivity index (χ0v) is 27.9. The summed E-state index contributed by atoms with van der Waals surface area (Å²) in [6.45, 7) is 9.21. The fourth-order valence-corrected chi connectivity index (χ4v) is 5.30. The van der Waals surface area contributed by atoms with E-state index in [9.17, 15) is 9.59 Å². The summed E-state index contributed by atoms with van der Waals surface area (Å²) in [5, 5.41) is 29.8. The number of likely N-dealkylation sites (tertiary alicyclic amines) is 1. The second-order valence-corrected chi connectivity index (χ2v) is 11.6. The van der Waals surface area contributed by atoms with Crippen LogP contribution in [0.5, 0.6) is 0 Å². The number of nitrogens with two attached hydrogens (primary N) is 1. The minimum absolute atomic E-state index is 0.0264. The lowest BCUT2D eigenvalue weighted by molar-refractivity contribution is -0.497. The fraction of sp³-hybridized carbons (Fsp3) is 0.257. The number of aromatic nitrogens is 4. The quantitative estimate of drug-likeness (QED) is 0.123. The van der Waals surface area contributed by atoms with Gasteiger partial charge >= 0.3 is 6.16 Å². The number of rotatable bonds is 12. The van der Waals surface area contributed by atoms with Gasteiger partial charge in [-0.1, -0.05) is 79.4 Å². The predicted octanol–water partition coefficient (Wildman–Crippen LogP) is 5.68. The number of carbonyl (C=O) groups excluding carboxylic acids is 2. The lowest BCUT2D eigenvalue weighted by atomic mass is 9.97. The second-order valence-electron chi connectivity index (χ2n) is 11.6. The summed E-state index contributed by atoms with van der Waals surface area (Å²) in [6, 6.07) is 22.3. The van der Waals surface area contributed by atoms with Crippen molar-refractivity contribution in [2.75, 3.05) is 0 Å². The number of hydrogen-bond acceptors (Lipinski definition) is 13. The van der Waals surface area contributed by atoms with Crippen LogP contribution in [0.3, 0.4) is 0 Å². The first-order valence-electron chi connectivity index (χ1n) is 15.7. The number of hydrogen-bond donors (Lipinski definition) is 3. The van der Waals surface area contributed by atoms with Gasteiger partial charge in [0.2, 0.25) is 18.0 Å². The molecule has 4 aromatic rings. The number of benzene rings is 3. The van der Waals surface area contributed by atoms with E-state index in [1.54, 1.807) is 43.0 Å². The molecule has 0 spiro atoms. The molecule has 1 unspecified atom stereocenters. The highest BCUT2D eigenvalue weighted by molar-refractivity contribution is 6.10. The number of amidine groups is 1. The van der Waals surface area contributed by atoms with Crippen LogP contribution in [0, 0.1) is 0 Å². The summed E-state index contributed by atoms with van der Waals surface area (Å²) in [5.74, 6) is 0.842. The van der Waals surface area contributed by atoms with E-state index < -0.39 is 12.4 Å². The third-order valence-electron chi connectivity index (χ3n) is 7.68. The smallest absolute Gasteiger partial charge is 0.429 e. The van der Waals surface area contributed by atoms with Gasteiger partial charge in [0.05, 0.1) is 18.5 Å². The lowest BCUT2D eigenvalue weighted by Crippen LogP contribution is -2.42. The van der Waals surface area contributed by atoms with Crippen LogP contribution in [0.25, 0.3) is 22.5 Å². The third-order valence-corrected chi connectivity index (χ3v) is 7.68. The molecule has 3 aromatic carbocycles. The zero-order valence-electron chi connectivity index (χ0n) is 27.9. The normalized spacial score (nSPS) is 15.7. The summed E-state index contributed by atoms with van der Waals surface area (Å²) < 4.78 is 10.6. The van der Waals surface area contributed by atoms with Crippen molar-refractivity contribution in [3.8, 4) is 22.5 Å². The average Bonchev–Trinajstić information content (AvgIpc) is 3.59. The molecule has 1 atom stereocenters. The Balaban J connectivity index is 1.25. The monoisotopic (exact) mass is 682 g/mol. The van der Waals surface area contributed by atoms with E-state index >= 15 is 0 Å². The summed E-state index contributed by atoms with van der Waals surface area (Å²) in [6.07, 6.45) is -0.973. The molecule has 15 nitrogen and oxygen atoms in total. The van der Waals surface area contributed by atoms with Gasteiger partial charge in [0.1, 0.15) is 12.4 Å². The van der Waals surface area contributed by atoms with Crippen LogP contribution < -0.4 is 5.73 Å². The van der Waals surface area contributed by atoms with Crippen LogP contribution in [-0.2, 0) is 38.9 Å². The van der Waals surface area contributed by atoms with Crippen molar-refractivity contribution in [1.29, 1.82) is 0 Å². The van der Waals surface area contributed by atoms with E-state index in [-0.39, 0.29) is 24.5 Å². The molecule has 260 valence electrons. The number of allylic oxidation sites excluding steroid dienone is 2. The van der Waals surface area contributed by atoms with E-state index in [1.165, 1.54) is 4.80 Å². The van der Waals surface area contributed by atoms with Gasteiger partial charge in [-0.15, -0.1) is 15.0 Å². The molecule has 1 saturated heterocycles. The van der Waals surface area contributed by atoms with Gasteiger partial charge in [-0.3, -0.25) is 20.1 Å². The molecule has 15 heteroatoms. The average molecular weight is 683 g/mol. The Bertz CT molecular complexity index is 1920. The SMILES string of the molecule is C=C(C)N=C1/C(=C(/C)N)CCC(=O)N1Cc1ccc(-c2ccccc2-c2nnn(C(C)OC(=O)OCc3cccc(CON(O)O)c3)n2)cc1. The van der Waals surface area contributed by atoms with Crippen molar-refractivity contribution in [2.24, 2.45) is 10.7 Å². The van der Waals surface area contributed by atoms with Crippen molar-refractivity contribution in [3.63, 3.8) is 0 Å². The van der Waals surface area contributed by atoms with Crippen molar-refractivity contribution in [3.05, 3.63) is 113 Å². The van der Waals surface area contributed by atoms with Crippen molar-refractivity contribution >= 4 is 17.9 Å². The maximum Gasteiger partial charge on any atom is 0.510 e. The van der Waals surface area contributed by atoms with Crippen LogP contribution in [-0.4, -0.2) is 58.8 Å². The van der Waals surface area contributed by atoms with Gasteiger partial charge < -0.3 is 15.2 Å². The molecule has 0 aliphatic carbocycles. The molecule has 0 saturated carbocycles. The van der Waals surface area contributed by atoms with Crippen LogP contribution in [0.4, 0.5) is 4.79 Å². The predicted molar refractivity (Wildman–Crippen MR) is 180 cm³/mol. The van der Waals surface area contributed by atoms with Crippen molar-refractivity contribution < 1.29 is 34.3 Å². The molecular weight excluding hydrogens is 644 g/mol. The van der Waals surface area contributed by atoms with Gasteiger partial charge in [0, 0.05) is 29.0 Å². The molecule has 50 heavy (non-hydrogen) atoms. The standard InChI is InChI=1S/C35H38N8O7/c1-22(2)37-34-29(23(3)36)16-17-32(44)41(34)19-25-12-14-28(15-13-25)30-10-5-6-11-31(30)33-38-40-42(39-33)24(4)50-35(45)48-20-26-8-7-9-27(18-26)21-49-43(46)47/h5-15,18,24,46-47H,1,16-17,19-21,36H2,2-4H3/b29-23-,37-34?. The van der Waals surface area contributed by atoms with Crippen LogP contribution >= 0.6 is 0 Å². The molecule has 1 fully saturated rings. The van der Waals surface area contributed by atoms with Gasteiger partial charge in [-0.05, 0) is 60.2 Å². The molecule has 0 radical (unpaired) electrons. The highest BCUT2D eigenvalue weighted by Crippen LogP contribution is 2.31. The first kappa shape index (κ1) is 35.6. The van der Waals surface area contributed by atoms with E-state index in [4.69, 9.17) is 25.6 Å². The van der Waals surface area contributed by atoms with Crippen LogP contribution in [0.1, 0.15) is 56.5 Å². The number of amides is 1. The molecule has 1 aromatic heterocycles. The number of tetrazole rings is 1. The fourth-order valence-electron chi connectivity index (χ4n) is 5.30. The number of aliphatic imine (C=N–C) groups is 1. The molecular formula is C35H38N8O7. The summed E-state index contributed by atoms with van der Waals surface area (Å²) in [4.78, 5) is 37.4. The molecule has 1 aliphatic rings. The Kier molecular flexibility index (Phi) is 11.5. The summed E-state index contributed by atoms with van der Waals surface area (Å²) >= 11 is 0. The van der Waals surface area contributed by atoms with E-state index in [1.807, 2.05) is 55.5 Å². The Labute approximate surface area is 288 Å². The minimum Gasteiger partial charge on any atom is -0.429 e. The van der Waals surface area contributed by atoms with Gasteiger partial charge in [0.25, 0.3) is 0 Å². The number of ether oxygens (including phenoxy) is 2. The molecule has 2 heterocycles. The summed E-state index contributed by atoms with van der Waals surface area (Å²) in [5.41, 5.74) is 12.9. The number of carbonyl (C=O) groups is 2. The minimum atomic E-state index is -0.940. The topological polar surface area (TPSA) is 191 Å². The van der Waals surface area contributed by atoms with Crippen LogP contribution in [0.15, 0.2) is 101 Å². The Morgan fingerprint density at radius 2 is 1.70 bits per heavy atom. The lowest BCUT2D eigenvalue weighted by Gasteiger charge is -2.31. The van der Waals surface area contributed by atoms with Crippen LogP contribution in [0.2, 0.25) is 0 Å². The van der Waals surface area contributed by atoms with Crippen molar-refractivity contribution in [1.82, 2.24) is 30.5 Å². The highest BCUT2D eigenvalue weighted by Gasteiger charge is 2.29. The Morgan fingerprint density at radius 3 is 2.38 bits per heavy atom. The largest absolute Gasteiger partial charge is 0.510 e. The third kappa shape index (κ3) is 9.03. The first-order chi connectivity index (χ1) is 24.0. The zero-order chi connectivity index (χ0) is 35.8. The van der Waals surface area contributed by atoms with E-state index in [2.05, 4.69) is 31.8 Å². The second kappa shape index (κ2) is 16.1. The summed E-state index contributed by atoms with van der Waals surface area (Å²) in [7, 11) is 0. The van der Waals surface area contributed by atoms with Gasteiger partial charge in [-0.25, -0.2) is 14.6 Å². The van der Waals surface area contributed by atoms with Gasteiger partial charge in [-0.2, -0.15) is 0 Å². The number of piperidine rings is 1. The van der Waals surface area contributed by atoms with Crippen molar-refractivity contribution in [2.45, 2.75) is 59.6 Å². The molecule has 4 N–H and O–H groups in total.